The summed E-state index contributed by atoms with van der Waals surface area (Å²) in [7, 11) is 0. The molecule has 0 bridgehead atoms. The van der Waals surface area contributed by atoms with Crippen molar-refractivity contribution in [2.45, 2.75) is 20.3 Å². The molecule has 0 amide bonds. The standard InChI is InChI=1S/C5H8OSe/c1-3-5(6)4(2)7/h3H2,1-2H3. The molecule has 0 aliphatic heterocycles. The topological polar surface area (TPSA) is 17.1 Å². The Labute approximate surface area is 51.5 Å². The molecule has 40 valence electrons. The Bertz CT molecular complexity index is 96.3. The first-order valence-electron chi connectivity index (χ1n) is 2.22. The third-order valence-electron chi connectivity index (χ3n) is 0.714. The predicted octanol–water partition coefficient (Wildman–Crippen LogP) is 0.326. The first kappa shape index (κ1) is 7.06. The Morgan fingerprint density at radius 1 is 1.71 bits per heavy atom. The molecule has 2 heteroatoms. The van der Waals surface area contributed by atoms with Crippen molar-refractivity contribution in [3.63, 3.8) is 0 Å². The fourth-order valence-electron chi connectivity index (χ4n) is 0.249. The molecule has 0 heterocycles. The molecule has 0 aromatic heterocycles. The third kappa shape index (κ3) is 2.72. The van der Waals surface area contributed by atoms with E-state index in [4.69, 9.17) is 0 Å². The summed E-state index contributed by atoms with van der Waals surface area (Å²) in [6.45, 7) is 3.63. The van der Waals surface area contributed by atoms with Crippen molar-refractivity contribution < 1.29 is 4.79 Å². The Kier molecular flexibility index (Phi) is 3.14. The normalized spacial score (nSPS) is 8.29. The van der Waals surface area contributed by atoms with Crippen LogP contribution in [-0.2, 0) is 4.79 Å². The number of rotatable bonds is 2. The molecule has 1 nitrogen and oxygen atoms in total. The summed E-state index contributed by atoms with van der Waals surface area (Å²) >= 11 is 2.66. The number of ketones is 1. The molecule has 0 unspecified atom stereocenters. The van der Waals surface area contributed by atoms with Gasteiger partial charge in [0.2, 0.25) is 0 Å². The summed E-state index contributed by atoms with van der Waals surface area (Å²) in [5, 5.41) is 0. The first-order chi connectivity index (χ1) is 3.18. The van der Waals surface area contributed by atoms with Gasteiger partial charge in [-0.15, -0.1) is 0 Å². The van der Waals surface area contributed by atoms with Gasteiger partial charge in [-0.25, -0.2) is 0 Å². The van der Waals surface area contributed by atoms with E-state index in [0.717, 1.165) is 4.42 Å². The number of carbonyl (C=O) groups is 1. The van der Waals surface area contributed by atoms with Crippen molar-refractivity contribution in [3.8, 4) is 0 Å². The molecular weight excluding hydrogens is 155 g/mol. The van der Waals surface area contributed by atoms with E-state index in [1.165, 1.54) is 0 Å². The quantitative estimate of drug-likeness (QED) is 0.536. The second-order valence-electron chi connectivity index (χ2n) is 1.33. The molecule has 0 aromatic rings. The molecule has 0 aliphatic rings. The maximum atomic E-state index is 10.4. The van der Waals surface area contributed by atoms with E-state index in [1.807, 2.05) is 6.92 Å². The molecule has 0 saturated heterocycles. The van der Waals surface area contributed by atoms with Crippen molar-refractivity contribution in [2.24, 2.45) is 0 Å². The van der Waals surface area contributed by atoms with Gasteiger partial charge < -0.3 is 0 Å². The second-order valence-corrected chi connectivity index (χ2v) is 2.62. The van der Waals surface area contributed by atoms with Crippen LogP contribution in [-0.4, -0.2) is 25.8 Å². The van der Waals surface area contributed by atoms with Crippen LogP contribution in [0.15, 0.2) is 0 Å². The van der Waals surface area contributed by atoms with Crippen molar-refractivity contribution in [2.75, 3.05) is 0 Å². The minimum atomic E-state index is 0.208. The van der Waals surface area contributed by atoms with Gasteiger partial charge in [-0.2, -0.15) is 0 Å². The second kappa shape index (κ2) is 3.11. The fraction of sp³-hybridized carbons (Fsp3) is 0.600. The molecule has 0 atom stereocenters. The monoisotopic (exact) mass is 164 g/mol. The molecule has 0 rings (SSSR count). The van der Waals surface area contributed by atoms with Gasteiger partial charge in [0.25, 0.3) is 0 Å². The molecule has 0 fully saturated rings. The predicted molar refractivity (Wildman–Crippen MR) is 31.7 cm³/mol. The molecule has 0 aliphatic carbocycles. The molecule has 0 N–H and O–H groups in total. The molecule has 0 radical (unpaired) electrons. The van der Waals surface area contributed by atoms with Crippen LogP contribution in [0, 0.1) is 0 Å². The number of hydrogen-bond acceptors (Lipinski definition) is 1. The summed E-state index contributed by atoms with van der Waals surface area (Å²) in [4.78, 5) is 10.4. The van der Waals surface area contributed by atoms with Crippen LogP contribution in [0.1, 0.15) is 20.3 Å². The van der Waals surface area contributed by atoms with E-state index in [-0.39, 0.29) is 5.78 Å². The van der Waals surface area contributed by atoms with Gasteiger partial charge in [0.05, 0.1) is 0 Å². The average molecular weight is 163 g/mol. The zero-order chi connectivity index (χ0) is 5.86. The first-order valence-corrected chi connectivity index (χ1v) is 3.08. The van der Waals surface area contributed by atoms with Crippen molar-refractivity contribution in [1.82, 2.24) is 0 Å². The average Bonchev–Trinajstić information content (AvgIpc) is 1.65. The SMILES string of the molecule is CCC(=O)C(C)=[Se]. The van der Waals surface area contributed by atoms with Crippen molar-refractivity contribution >= 4 is 25.8 Å². The van der Waals surface area contributed by atoms with E-state index in [2.05, 4.69) is 15.6 Å². The Morgan fingerprint density at radius 3 is 2.14 bits per heavy atom. The van der Waals surface area contributed by atoms with Crippen molar-refractivity contribution in [3.05, 3.63) is 0 Å². The molecule has 0 saturated carbocycles. The van der Waals surface area contributed by atoms with Crippen LogP contribution in [0.5, 0.6) is 0 Å². The zero-order valence-corrected chi connectivity index (χ0v) is 6.24. The van der Waals surface area contributed by atoms with Crippen LogP contribution in [0.25, 0.3) is 0 Å². The number of hydrogen-bond donors (Lipinski definition) is 0. The summed E-state index contributed by atoms with van der Waals surface area (Å²) in [5.74, 6) is 0.208. The van der Waals surface area contributed by atoms with E-state index in [1.54, 1.807) is 6.92 Å². The zero-order valence-electron chi connectivity index (χ0n) is 4.52. The summed E-state index contributed by atoms with van der Waals surface area (Å²) in [6.07, 6.45) is 0.610. The summed E-state index contributed by atoms with van der Waals surface area (Å²) in [6, 6.07) is 0. The molecular formula is C5H8OSe. The third-order valence-corrected chi connectivity index (χ3v) is 1.19. The van der Waals surface area contributed by atoms with Crippen LogP contribution >= 0.6 is 0 Å². The molecule has 0 spiro atoms. The fourth-order valence-corrected chi connectivity index (χ4v) is 0.552. The Balaban J connectivity index is 3.58. The van der Waals surface area contributed by atoms with Gasteiger partial charge in [-0.3, -0.25) is 0 Å². The van der Waals surface area contributed by atoms with E-state index < -0.39 is 0 Å². The molecule has 7 heavy (non-hydrogen) atoms. The number of carbonyl (C=O) groups excluding carboxylic acids is 1. The van der Waals surface area contributed by atoms with Gasteiger partial charge in [-0.05, 0) is 0 Å². The molecule has 0 aromatic carbocycles. The van der Waals surface area contributed by atoms with Gasteiger partial charge in [0.1, 0.15) is 0 Å². The van der Waals surface area contributed by atoms with Gasteiger partial charge >= 0.3 is 50.8 Å². The van der Waals surface area contributed by atoms with E-state index >= 15 is 0 Å². The summed E-state index contributed by atoms with van der Waals surface area (Å²) in [5.41, 5.74) is 0. The van der Waals surface area contributed by atoms with E-state index in [9.17, 15) is 4.79 Å². The Morgan fingerprint density at radius 2 is 2.14 bits per heavy atom. The van der Waals surface area contributed by atoms with Crippen molar-refractivity contribution in [1.29, 1.82) is 0 Å². The van der Waals surface area contributed by atoms with Crippen LogP contribution in [0.4, 0.5) is 0 Å². The number of Topliss-reactive ketones (excluding diaryl/α,β-unsaturated/α-hetero) is 1. The maximum absolute atomic E-state index is 10.4. The van der Waals surface area contributed by atoms with Gasteiger partial charge in [-0.1, -0.05) is 0 Å². The van der Waals surface area contributed by atoms with Crippen LogP contribution in [0.2, 0.25) is 0 Å². The van der Waals surface area contributed by atoms with E-state index in [0.29, 0.717) is 6.42 Å². The minimum absolute atomic E-state index is 0.208. The van der Waals surface area contributed by atoms with Gasteiger partial charge in [0, 0.05) is 0 Å². The summed E-state index contributed by atoms with van der Waals surface area (Å²) < 4.78 is 0.780. The Hall–Kier alpha value is 0.0595. The van der Waals surface area contributed by atoms with Crippen LogP contribution in [0.3, 0.4) is 0 Å². The van der Waals surface area contributed by atoms with Gasteiger partial charge in [0.15, 0.2) is 0 Å². The van der Waals surface area contributed by atoms with Crippen LogP contribution < -0.4 is 0 Å².